The number of rotatable bonds is 3. The topological polar surface area (TPSA) is 9.23 Å². The Morgan fingerprint density at radius 1 is 0.840 bits per heavy atom. The zero-order valence-corrected chi connectivity index (χ0v) is 15.6. The quantitative estimate of drug-likeness (QED) is 0.583. The lowest BCUT2D eigenvalue weighted by atomic mass is 9.79. The lowest BCUT2D eigenvalue weighted by molar-refractivity contribution is 0.348. The molecule has 136 valence electrons. The lowest BCUT2D eigenvalue weighted by Gasteiger charge is -2.26. The van der Waals surface area contributed by atoms with Crippen LogP contribution in [-0.2, 0) is 0 Å². The van der Waals surface area contributed by atoms with E-state index in [1.807, 2.05) is 26.0 Å². The molecule has 0 amide bonds. The summed E-state index contributed by atoms with van der Waals surface area (Å²) in [5.41, 5.74) is 2.26. The van der Waals surface area contributed by atoms with E-state index in [0.29, 0.717) is 11.5 Å². The SMILES string of the molecule is CC.COc1ccc(-c2ccc(C3CCC(C)CC3)cc2)c(F)c1F. The van der Waals surface area contributed by atoms with E-state index in [2.05, 4.69) is 19.1 Å². The van der Waals surface area contributed by atoms with Crippen molar-refractivity contribution in [3.8, 4) is 16.9 Å². The molecule has 0 atom stereocenters. The minimum Gasteiger partial charge on any atom is -0.494 e. The zero-order chi connectivity index (χ0) is 18.4. The number of ether oxygens (including phenoxy) is 1. The maximum Gasteiger partial charge on any atom is 0.201 e. The van der Waals surface area contributed by atoms with Gasteiger partial charge in [-0.2, -0.15) is 4.39 Å². The third kappa shape index (κ3) is 4.39. The summed E-state index contributed by atoms with van der Waals surface area (Å²) in [6.45, 7) is 6.31. The Morgan fingerprint density at radius 2 is 1.44 bits per heavy atom. The molecule has 0 heterocycles. The summed E-state index contributed by atoms with van der Waals surface area (Å²) in [7, 11) is 1.33. The van der Waals surface area contributed by atoms with Gasteiger partial charge >= 0.3 is 0 Å². The molecule has 0 saturated heterocycles. The molecule has 0 aliphatic heterocycles. The smallest absolute Gasteiger partial charge is 0.201 e. The van der Waals surface area contributed by atoms with E-state index >= 15 is 0 Å². The van der Waals surface area contributed by atoms with E-state index in [1.165, 1.54) is 44.4 Å². The first-order chi connectivity index (χ1) is 12.1. The fraction of sp³-hybridized carbons (Fsp3) is 0.455. The molecular formula is C22H28F2O. The van der Waals surface area contributed by atoms with Crippen LogP contribution in [0.3, 0.4) is 0 Å². The summed E-state index contributed by atoms with van der Waals surface area (Å²) in [4.78, 5) is 0. The summed E-state index contributed by atoms with van der Waals surface area (Å²) in [6, 6.07) is 10.9. The van der Waals surface area contributed by atoms with Crippen LogP contribution in [0.1, 0.15) is 57.9 Å². The third-order valence-corrected chi connectivity index (χ3v) is 4.98. The second-order valence-electron chi connectivity index (χ2n) is 6.52. The van der Waals surface area contributed by atoms with Crippen molar-refractivity contribution in [3.05, 3.63) is 53.6 Å². The van der Waals surface area contributed by atoms with Crippen molar-refractivity contribution in [1.82, 2.24) is 0 Å². The van der Waals surface area contributed by atoms with Crippen LogP contribution in [0.5, 0.6) is 5.75 Å². The maximum absolute atomic E-state index is 14.2. The summed E-state index contributed by atoms with van der Waals surface area (Å²) < 4.78 is 32.8. The molecule has 3 heteroatoms. The first-order valence-corrected chi connectivity index (χ1v) is 9.22. The average Bonchev–Trinajstić information content (AvgIpc) is 2.66. The van der Waals surface area contributed by atoms with E-state index in [4.69, 9.17) is 4.74 Å². The lowest BCUT2D eigenvalue weighted by Crippen LogP contribution is -2.10. The van der Waals surface area contributed by atoms with Crippen LogP contribution >= 0.6 is 0 Å². The van der Waals surface area contributed by atoms with Crippen LogP contribution in [0, 0.1) is 17.6 Å². The number of methoxy groups -OCH3 is 1. The maximum atomic E-state index is 14.2. The Morgan fingerprint density at radius 3 is 2.00 bits per heavy atom. The normalized spacial score (nSPS) is 19.8. The van der Waals surface area contributed by atoms with Crippen LogP contribution in [-0.4, -0.2) is 7.11 Å². The highest BCUT2D eigenvalue weighted by atomic mass is 19.2. The first kappa shape index (κ1) is 19.4. The van der Waals surface area contributed by atoms with Gasteiger partial charge < -0.3 is 4.74 Å². The molecule has 0 N–H and O–H groups in total. The largest absolute Gasteiger partial charge is 0.494 e. The molecule has 1 aliphatic rings. The summed E-state index contributed by atoms with van der Waals surface area (Å²) in [5, 5.41) is 0. The van der Waals surface area contributed by atoms with Crippen LogP contribution in [0.15, 0.2) is 36.4 Å². The molecule has 1 aliphatic carbocycles. The van der Waals surface area contributed by atoms with E-state index < -0.39 is 11.6 Å². The van der Waals surface area contributed by atoms with E-state index in [1.54, 1.807) is 6.07 Å². The molecule has 2 aromatic carbocycles. The predicted molar refractivity (Wildman–Crippen MR) is 100 cm³/mol. The van der Waals surface area contributed by atoms with Gasteiger partial charge in [0.25, 0.3) is 0 Å². The van der Waals surface area contributed by atoms with Crippen molar-refractivity contribution < 1.29 is 13.5 Å². The van der Waals surface area contributed by atoms with Gasteiger partial charge in [0.1, 0.15) is 0 Å². The molecule has 0 aromatic heterocycles. The summed E-state index contributed by atoms with van der Waals surface area (Å²) in [6.07, 6.45) is 4.97. The molecule has 25 heavy (non-hydrogen) atoms. The Kier molecular flexibility index (Phi) is 6.98. The van der Waals surface area contributed by atoms with Crippen molar-refractivity contribution in [2.45, 2.75) is 52.4 Å². The Balaban J connectivity index is 0.00000109. The summed E-state index contributed by atoms with van der Waals surface area (Å²) >= 11 is 0. The van der Waals surface area contributed by atoms with Crippen LogP contribution in [0.25, 0.3) is 11.1 Å². The standard InChI is InChI=1S/C20H22F2O.C2H6/c1-13-3-5-14(6-4-13)15-7-9-16(10-8-15)17-11-12-18(23-2)20(22)19(17)21;1-2/h7-14H,3-6H2,1-2H3;1-2H3. The molecule has 0 spiro atoms. The van der Waals surface area contributed by atoms with E-state index in [9.17, 15) is 8.78 Å². The molecule has 0 radical (unpaired) electrons. The molecule has 1 fully saturated rings. The number of hydrogen-bond donors (Lipinski definition) is 0. The Hall–Kier alpha value is -1.90. The molecule has 0 unspecified atom stereocenters. The van der Waals surface area contributed by atoms with Gasteiger partial charge in [0.15, 0.2) is 11.6 Å². The highest BCUT2D eigenvalue weighted by molar-refractivity contribution is 5.65. The molecule has 1 saturated carbocycles. The van der Waals surface area contributed by atoms with Crippen LogP contribution in [0.4, 0.5) is 8.78 Å². The fourth-order valence-corrected chi connectivity index (χ4v) is 3.44. The van der Waals surface area contributed by atoms with Gasteiger partial charge in [0, 0.05) is 5.56 Å². The Bertz CT molecular complexity index is 671. The van der Waals surface area contributed by atoms with Crippen molar-refractivity contribution in [1.29, 1.82) is 0 Å². The number of halogens is 2. The van der Waals surface area contributed by atoms with Gasteiger partial charge in [0.05, 0.1) is 7.11 Å². The number of benzene rings is 2. The van der Waals surface area contributed by atoms with Gasteiger partial charge in [-0.25, -0.2) is 4.39 Å². The predicted octanol–water partition coefficient (Wildman–Crippen LogP) is 6.96. The van der Waals surface area contributed by atoms with Gasteiger partial charge in [-0.05, 0) is 47.9 Å². The van der Waals surface area contributed by atoms with Crippen LogP contribution < -0.4 is 4.74 Å². The number of hydrogen-bond acceptors (Lipinski definition) is 1. The molecular weight excluding hydrogens is 318 g/mol. The highest BCUT2D eigenvalue weighted by Crippen LogP contribution is 2.36. The van der Waals surface area contributed by atoms with Crippen molar-refractivity contribution >= 4 is 0 Å². The minimum atomic E-state index is -0.935. The molecule has 0 bridgehead atoms. The first-order valence-electron chi connectivity index (χ1n) is 9.22. The van der Waals surface area contributed by atoms with Crippen molar-refractivity contribution in [3.63, 3.8) is 0 Å². The Labute approximate surface area is 150 Å². The van der Waals surface area contributed by atoms with Gasteiger partial charge in [-0.3, -0.25) is 0 Å². The van der Waals surface area contributed by atoms with Crippen molar-refractivity contribution in [2.24, 2.45) is 5.92 Å². The van der Waals surface area contributed by atoms with Gasteiger partial charge in [-0.1, -0.05) is 57.9 Å². The average molecular weight is 346 g/mol. The van der Waals surface area contributed by atoms with Gasteiger partial charge in [0.2, 0.25) is 5.82 Å². The molecule has 2 aromatic rings. The van der Waals surface area contributed by atoms with Gasteiger partial charge in [-0.15, -0.1) is 0 Å². The van der Waals surface area contributed by atoms with Crippen molar-refractivity contribution in [2.75, 3.05) is 7.11 Å². The van der Waals surface area contributed by atoms with E-state index in [0.717, 1.165) is 5.92 Å². The van der Waals surface area contributed by atoms with Crippen LogP contribution in [0.2, 0.25) is 0 Å². The molecule has 3 rings (SSSR count). The monoisotopic (exact) mass is 346 g/mol. The second kappa shape index (κ2) is 8.98. The third-order valence-electron chi connectivity index (χ3n) is 4.98. The molecule has 1 nitrogen and oxygen atoms in total. The highest BCUT2D eigenvalue weighted by Gasteiger charge is 2.20. The zero-order valence-electron chi connectivity index (χ0n) is 15.6. The second-order valence-corrected chi connectivity index (χ2v) is 6.52. The summed E-state index contributed by atoms with van der Waals surface area (Å²) in [5.74, 6) is -0.447. The minimum absolute atomic E-state index is 0.0702. The van der Waals surface area contributed by atoms with E-state index in [-0.39, 0.29) is 11.3 Å². The fourth-order valence-electron chi connectivity index (χ4n) is 3.44.